The molecule has 1 aliphatic heterocycles. The van der Waals surface area contributed by atoms with Crippen LogP contribution >= 0.6 is 0 Å². The molecule has 0 aliphatic carbocycles. The average Bonchev–Trinajstić information content (AvgIpc) is 2.95. The molecule has 2 aromatic carbocycles. The Morgan fingerprint density at radius 3 is 2.52 bits per heavy atom. The zero-order valence-corrected chi connectivity index (χ0v) is 14.9. The number of aryl methyl sites for hydroxylation is 1. The SMILES string of the molecule is COc1ccc(S(=O)(=O)N[C@@H]2CC(=O)N(c3ccccc3)C2)cc1C. The van der Waals surface area contributed by atoms with E-state index < -0.39 is 16.1 Å². The molecule has 1 atom stereocenters. The Bertz CT molecular complexity index is 881. The van der Waals surface area contributed by atoms with Crippen molar-refractivity contribution in [3.05, 3.63) is 54.1 Å². The molecule has 0 bridgehead atoms. The maximum atomic E-state index is 12.6. The lowest BCUT2D eigenvalue weighted by molar-refractivity contribution is -0.117. The van der Waals surface area contributed by atoms with Gasteiger partial charge in [0.2, 0.25) is 15.9 Å². The van der Waals surface area contributed by atoms with Gasteiger partial charge in [-0.25, -0.2) is 13.1 Å². The second-order valence-corrected chi connectivity index (χ2v) is 7.71. The molecule has 0 saturated carbocycles. The standard InChI is InChI=1S/C18H20N2O4S/c1-13-10-16(8-9-17(13)24-2)25(22,23)19-14-11-18(21)20(12-14)15-6-4-3-5-7-15/h3-10,14,19H,11-12H2,1-2H3/t14-/m1/s1. The van der Waals surface area contributed by atoms with Crippen LogP contribution in [0.25, 0.3) is 0 Å². The Morgan fingerprint density at radius 1 is 1.16 bits per heavy atom. The zero-order chi connectivity index (χ0) is 18.0. The molecule has 132 valence electrons. The van der Waals surface area contributed by atoms with Gasteiger partial charge in [-0.1, -0.05) is 18.2 Å². The van der Waals surface area contributed by atoms with Crippen molar-refractivity contribution in [3.63, 3.8) is 0 Å². The van der Waals surface area contributed by atoms with Crippen molar-refractivity contribution in [2.75, 3.05) is 18.6 Å². The number of nitrogens with one attached hydrogen (secondary N) is 1. The van der Waals surface area contributed by atoms with Gasteiger partial charge in [-0.05, 0) is 42.8 Å². The van der Waals surface area contributed by atoms with Gasteiger partial charge in [0.25, 0.3) is 0 Å². The number of anilines is 1. The molecule has 0 unspecified atom stereocenters. The van der Waals surface area contributed by atoms with Crippen LogP contribution in [-0.2, 0) is 14.8 Å². The highest BCUT2D eigenvalue weighted by Crippen LogP contribution is 2.24. The molecule has 1 heterocycles. The summed E-state index contributed by atoms with van der Waals surface area (Å²) in [5.74, 6) is 0.537. The van der Waals surface area contributed by atoms with E-state index in [0.717, 1.165) is 11.3 Å². The van der Waals surface area contributed by atoms with Crippen LogP contribution < -0.4 is 14.4 Å². The van der Waals surface area contributed by atoms with E-state index in [1.54, 1.807) is 24.0 Å². The molecule has 0 spiro atoms. The van der Waals surface area contributed by atoms with Crippen LogP contribution in [-0.4, -0.2) is 34.0 Å². The summed E-state index contributed by atoms with van der Waals surface area (Å²) in [6.45, 7) is 2.10. The summed E-state index contributed by atoms with van der Waals surface area (Å²) in [5.41, 5.74) is 1.51. The number of ether oxygens (including phenoxy) is 1. The molecule has 7 heteroatoms. The Hall–Kier alpha value is -2.38. The molecule has 3 rings (SSSR count). The Balaban J connectivity index is 1.76. The highest BCUT2D eigenvalue weighted by Gasteiger charge is 2.33. The highest BCUT2D eigenvalue weighted by atomic mass is 32.2. The summed E-state index contributed by atoms with van der Waals surface area (Å²) in [6, 6.07) is 13.5. The topological polar surface area (TPSA) is 75.7 Å². The van der Waals surface area contributed by atoms with Gasteiger partial charge in [0, 0.05) is 24.7 Å². The molecule has 1 aliphatic rings. The second-order valence-electron chi connectivity index (χ2n) is 5.99. The van der Waals surface area contributed by atoms with Crippen LogP contribution in [0.2, 0.25) is 0 Å². The van der Waals surface area contributed by atoms with Gasteiger partial charge in [0.05, 0.1) is 12.0 Å². The third-order valence-electron chi connectivity index (χ3n) is 4.19. The first-order chi connectivity index (χ1) is 11.9. The minimum atomic E-state index is -3.70. The first-order valence-corrected chi connectivity index (χ1v) is 9.41. The highest BCUT2D eigenvalue weighted by molar-refractivity contribution is 7.89. The van der Waals surface area contributed by atoms with Crippen molar-refractivity contribution in [2.24, 2.45) is 0 Å². The van der Waals surface area contributed by atoms with Gasteiger partial charge in [-0.15, -0.1) is 0 Å². The van der Waals surface area contributed by atoms with Gasteiger partial charge in [-0.2, -0.15) is 0 Å². The van der Waals surface area contributed by atoms with Gasteiger partial charge in [0.1, 0.15) is 5.75 Å². The minimum Gasteiger partial charge on any atom is -0.496 e. The summed E-state index contributed by atoms with van der Waals surface area (Å²) < 4.78 is 33.0. The lowest BCUT2D eigenvalue weighted by atomic mass is 10.2. The van der Waals surface area contributed by atoms with Crippen LogP contribution in [0.3, 0.4) is 0 Å². The number of sulfonamides is 1. The molecule has 2 aromatic rings. The summed E-state index contributed by atoms with van der Waals surface area (Å²) in [7, 11) is -2.17. The Kier molecular flexibility index (Phi) is 4.78. The number of amides is 1. The van der Waals surface area contributed by atoms with Crippen LogP contribution in [0.15, 0.2) is 53.4 Å². The third-order valence-corrected chi connectivity index (χ3v) is 5.71. The van der Waals surface area contributed by atoms with Crippen LogP contribution in [0.4, 0.5) is 5.69 Å². The number of para-hydroxylation sites is 1. The fourth-order valence-electron chi connectivity index (χ4n) is 2.95. The van der Waals surface area contributed by atoms with E-state index in [0.29, 0.717) is 12.3 Å². The predicted octanol–water partition coefficient (Wildman–Crippen LogP) is 2.09. The lowest BCUT2D eigenvalue weighted by Gasteiger charge is -2.17. The van der Waals surface area contributed by atoms with Crippen molar-refractivity contribution in [1.29, 1.82) is 0 Å². The lowest BCUT2D eigenvalue weighted by Crippen LogP contribution is -2.37. The van der Waals surface area contributed by atoms with Crippen molar-refractivity contribution in [3.8, 4) is 5.75 Å². The van der Waals surface area contributed by atoms with Crippen LogP contribution in [0, 0.1) is 6.92 Å². The molecular weight excluding hydrogens is 340 g/mol. The van der Waals surface area contributed by atoms with Crippen molar-refractivity contribution >= 4 is 21.6 Å². The fourth-order valence-corrected chi connectivity index (χ4v) is 4.26. The molecule has 1 amide bonds. The van der Waals surface area contributed by atoms with Crippen LogP contribution in [0.1, 0.15) is 12.0 Å². The molecule has 25 heavy (non-hydrogen) atoms. The number of benzene rings is 2. The van der Waals surface area contributed by atoms with Crippen molar-refractivity contribution in [2.45, 2.75) is 24.3 Å². The molecule has 1 saturated heterocycles. The molecule has 1 N–H and O–H groups in total. The van der Waals surface area contributed by atoms with E-state index in [4.69, 9.17) is 4.74 Å². The molecular formula is C18H20N2O4S. The summed E-state index contributed by atoms with van der Waals surface area (Å²) in [4.78, 5) is 14.0. The van der Waals surface area contributed by atoms with Crippen LogP contribution in [0.5, 0.6) is 5.75 Å². The predicted molar refractivity (Wildman–Crippen MR) is 95.3 cm³/mol. The van der Waals surface area contributed by atoms with Gasteiger partial charge in [0.15, 0.2) is 0 Å². The Morgan fingerprint density at radius 2 is 1.88 bits per heavy atom. The third kappa shape index (κ3) is 3.67. The molecule has 6 nitrogen and oxygen atoms in total. The largest absolute Gasteiger partial charge is 0.496 e. The summed E-state index contributed by atoms with van der Waals surface area (Å²) in [6.07, 6.45) is 0.142. The van der Waals surface area contributed by atoms with E-state index in [1.165, 1.54) is 13.2 Å². The van der Waals surface area contributed by atoms with E-state index in [1.807, 2.05) is 30.3 Å². The number of methoxy groups -OCH3 is 1. The quantitative estimate of drug-likeness (QED) is 0.886. The second kappa shape index (κ2) is 6.85. The summed E-state index contributed by atoms with van der Waals surface area (Å²) in [5, 5.41) is 0. The first kappa shape index (κ1) is 17.4. The maximum Gasteiger partial charge on any atom is 0.240 e. The van der Waals surface area contributed by atoms with E-state index in [-0.39, 0.29) is 17.2 Å². The van der Waals surface area contributed by atoms with Crippen molar-refractivity contribution in [1.82, 2.24) is 4.72 Å². The van der Waals surface area contributed by atoms with E-state index in [2.05, 4.69) is 4.72 Å². The normalized spacial score (nSPS) is 17.8. The number of carbonyl (C=O) groups is 1. The monoisotopic (exact) mass is 360 g/mol. The van der Waals surface area contributed by atoms with Gasteiger partial charge < -0.3 is 9.64 Å². The average molecular weight is 360 g/mol. The number of rotatable bonds is 5. The smallest absolute Gasteiger partial charge is 0.240 e. The minimum absolute atomic E-state index is 0.0928. The van der Waals surface area contributed by atoms with E-state index >= 15 is 0 Å². The maximum absolute atomic E-state index is 12.6. The Labute approximate surface area is 147 Å². The zero-order valence-electron chi connectivity index (χ0n) is 14.1. The fraction of sp³-hybridized carbons (Fsp3) is 0.278. The number of nitrogens with zero attached hydrogens (tertiary/aromatic N) is 1. The van der Waals surface area contributed by atoms with E-state index in [9.17, 15) is 13.2 Å². The molecule has 0 aromatic heterocycles. The van der Waals surface area contributed by atoms with Crippen molar-refractivity contribution < 1.29 is 17.9 Å². The molecule has 1 fully saturated rings. The first-order valence-electron chi connectivity index (χ1n) is 7.93. The number of hydrogen-bond donors (Lipinski definition) is 1. The molecule has 0 radical (unpaired) electrons. The van der Waals surface area contributed by atoms with Gasteiger partial charge >= 0.3 is 0 Å². The number of carbonyl (C=O) groups excluding carboxylic acids is 1. The number of hydrogen-bond acceptors (Lipinski definition) is 4. The summed E-state index contributed by atoms with van der Waals surface area (Å²) >= 11 is 0. The van der Waals surface area contributed by atoms with Gasteiger partial charge in [-0.3, -0.25) is 4.79 Å².